The van der Waals surface area contributed by atoms with E-state index in [0.29, 0.717) is 35.8 Å². The molecule has 0 radical (unpaired) electrons. The summed E-state index contributed by atoms with van der Waals surface area (Å²) < 4.78 is 17.0. The summed E-state index contributed by atoms with van der Waals surface area (Å²) in [5.41, 5.74) is 3.59. The number of benzene rings is 3. The van der Waals surface area contributed by atoms with Crippen molar-refractivity contribution in [2.24, 2.45) is 0 Å². The lowest BCUT2D eigenvalue weighted by atomic mass is 9.91. The van der Waals surface area contributed by atoms with Crippen LogP contribution in [0.2, 0.25) is 0 Å². The number of amides is 1. The number of hydrogen-bond donors (Lipinski definition) is 0. The van der Waals surface area contributed by atoms with Gasteiger partial charge >= 0.3 is 0 Å². The molecule has 1 aliphatic heterocycles. The van der Waals surface area contributed by atoms with E-state index in [9.17, 15) is 14.9 Å². The number of carbonyl (C=O) groups excluding carboxylic acids is 1. The van der Waals surface area contributed by atoms with E-state index in [2.05, 4.69) is 0 Å². The molecule has 4 rings (SSSR count). The van der Waals surface area contributed by atoms with Crippen LogP contribution in [-0.4, -0.2) is 43.1 Å². The summed E-state index contributed by atoms with van der Waals surface area (Å²) in [4.78, 5) is 25.8. The number of non-ortho nitro benzene ring substituents is 1. The fourth-order valence-electron chi connectivity index (χ4n) is 4.23. The maximum Gasteiger partial charge on any atom is 0.269 e. The molecule has 0 fully saturated rings. The monoisotopic (exact) mass is 462 g/mol. The Morgan fingerprint density at radius 2 is 1.76 bits per heavy atom. The van der Waals surface area contributed by atoms with Gasteiger partial charge in [-0.2, -0.15) is 0 Å². The van der Waals surface area contributed by atoms with Crippen LogP contribution in [0.3, 0.4) is 0 Å². The van der Waals surface area contributed by atoms with Crippen LogP contribution in [-0.2, 0) is 6.42 Å². The number of aryl methyl sites for hydroxylation is 1. The molecule has 8 nitrogen and oxygen atoms in total. The lowest BCUT2D eigenvalue weighted by molar-refractivity contribution is -0.384. The molecular formula is C26H26N2O6. The van der Waals surface area contributed by atoms with Gasteiger partial charge in [0.1, 0.15) is 12.4 Å². The van der Waals surface area contributed by atoms with Crippen LogP contribution in [0, 0.1) is 17.0 Å². The molecular weight excluding hydrogens is 436 g/mol. The Kier molecular flexibility index (Phi) is 6.67. The second-order valence-electron chi connectivity index (χ2n) is 8.10. The standard InChI is InChI=1S/C26H26N2O6/c1-17-5-4-6-19(13-17)26(29)27-12-11-18-14-24(32-2)25(33-3)15-22(18)23(27)16-34-21-9-7-20(8-10-21)28(30)31/h4-10,13-15,23H,11-12,16H2,1-3H3. The maximum atomic E-state index is 13.5. The van der Waals surface area contributed by atoms with Crippen LogP contribution in [0.25, 0.3) is 0 Å². The van der Waals surface area contributed by atoms with Crippen LogP contribution < -0.4 is 14.2 Å². The fourth-order valence-corrected chi connectivity index (χ4v) is 4.23. The van der Waals surface area contributed by atoms with Crippen LogP contribution in [0.5, 0.6) is 17.2 Å². The van der Waals surface area contributed by atoms with Gasteiger partial charge in [-0.25, -0.2) is 0 Å². The first-order valence-corrected chi connectivity index (χ1v) is 10.9. The molecule has 3 aromatic carbocycles. The molecule has 176 valence electrons. The molecule has 0 bridgehead atoms. The van der Waals surface area contributed by atoms with Crippen LogP contribution in [0.4, 0.5) is 5.69 Å². The zero-order chi connectivity index (χ0) is 24.2. The van der Waals surface area contributed by atoms with Crippen molar-refractivity contribution < 1.29 is 23.9 Å². The summed E-state index contributed by atoms with van der Waals surface area (Å²) >= 11 is 0. The third-order valence-electron chi connectivity index (χ3n) is 5.98. The minimum absolute atomic E-state index is 0.0107. The van der Waals surface area contributed by atoms with Crippen LogP contribution in [0.15, 0.2) is 60.7 Å². The highest BCUT2D eigenvalue weighted by Gasteiger charge is 2.33. The lowest BCUT2D eigenvalue weighted by Gasteiger charge is -2.37. The smallest absolute Gasteiger partial charge is 0.269 e. The summed E-state index contributed by atoms with van der Waals surface area (Å²) in [6.45, 7) is 2.65. The largest absolute Gasteiger partial charge is 0.493 e. The first-order chi connectivity index (χ1) is 16.4. The van der Waals surface area contributed by atoms with Crippen molar-refractivity contribution in [2.75, 3.05) is 27.4 Å². The SMILES string of the molecule is COc1cc2c(cc1OC)C(COc1ccc([N+](=O)[O-])cc1)N(C(=O)c1cccc(C)c1)CC2. The Bertz CT molecular complexity index is 1210. The lowest BCUT2D eigenvalue weighted by Crippen LogP contribution is -2.42. The highest BCUT2D eigenvalue weighted by molar-refractivity contribution is 5.95. The van der Waals surface area contributed by atoms with Gasteiger partial charge in [-0.05, 0) is 60.9 Å². The summed E-state index contributed by atoms with van der Waals surface area (Å²) in [5.74, 6) is 1.61. The van der Waals surface area contributed by atoms with Crippen molar-refractivity contribution in [1.82, 2.24) is 4.90 Å². The molecule has 34 heavy (non-hydrogen) atoms. The van der Waals surface area contributed by atoms with E-state index in [1.165, 1.54) is 12.1 Å². The number of nitro groups is 1. The molecule has 0 aliphatic carbocycles. The normalized spacial score (nSPS) is 14.8. The minimum Gasteiger partial charge on any atom is -0.493 e. The number of methoxy groups -OCH3 is 2. The number of rotatable bonds is 7. The summed E-state index contributed by atoms with van der Waals surface area (Å²) in [6.07, 6.45) is 0.668. The fraction of sp³-hybridized carbons (Fsp3) is 0.269. The van der Waals surface area contributed by atoms with Crippen molar-refractivity contribution >= 4 is 11.6 Å². The van der Waals surface area contributed by atoms with Crippen molar-refractivity contribution in [3.05, 3.63) is 93.0 Å². The number of fused-ring (bicyclic) bond motifs is 1. The van der Waals surface area contributed by atoms with E-state index in [-0.39, 0.29) is 24.2 Å². The van der Waals surface area contributed by atoms with E-state index < -0.39 is 4.92 Å². The second-order valence-corrected chi connectivity index (χ2v) is 8.10. The van der Waals surface area contributed by atoms with E-state index in [4.69, 9.17) is 14.2 Å². The van der Waals surface area contributed by atoms with Gasteiger partial charge in [0, 0.05) is 24.2 Å². The third-order valence-corrected chi connectivity index (χ3v) is 5.98. The van der Waals surface area contributed by atoms with Gasteiger partial charge in [-0.3, -0.25) is 14.9 Å². The zero-order valence-corrected chi connectivity index (χ0v) is 19.3. The number of ether oxygens (including phenoxy) is 3. The Labute approximate surface area is 197 Å². The summed E-state index contributed by atoms with van der Waals surface area (Å²) in [7, 11) is 3.17. The predicted octanol–water partition coefficient (Wildman–Crippen LogP) is 4.74. The number of nitrogens with zero attached hydrogens (tertiary/aromatic N) is 2. The Balaban J connectivity index is 1.68. The molecule has 0 saturated heterocycles. The van der Waals surface area contributed by atoms with Crippen molar-refractivity contribution in [1.29, 1.82) is 0 Å². The number of nitro benzene ring substituents is 1. The van der Waals surface area contributed by atoms with Gasteiger partial charge in [0.2, 0.25) is 0 Å². The maximum absolute atomic E-state index is 13.5. The number of hydrogen-bond acceptors (Lipinski definition) is 6. The molecule has 0 N–H and O–H groups in total. The molecule has 1 atom stereocenters. The third kappa shape index (κ3) is 4.66. The average Bonchev–Trinajstić information content (AvgIpc) is 2.86. The Morgan fingerprint density at radius 3 is 2.41 bits per heavy atom. The topological polar surface area (TPSA) is 91.1 Å². The number of carbonyl (C=O) groups is 1. The van der Waals surface area contributed by atoms with Gasteiger partial charge in [0.05, 0.1) is 25.2 Å². The van der Waals surface area contributed by atoms with E-state index in [1.807, 2.05) is 48.2 Å². The predicted molar refractivity (Wildman–Crippen MR) is 127 cm³/mol. The first kappa shape index (κ1) is 23.1. The van der Waals surface area contributed by atoms with E-state index in [1.54, 1.807) is 26.4 Å². The van der Waals surface area contributed by atoms with Crippen molar-refractivity contribution in [3.63, 3.8) is 0 Å². The molecule has 1 amide bonds. The van der Waals surface area contributed by atoms with Crippen LogP contribution in [0.1, 0.15) is 33.1 Å². The van der Waals surface area contributed by atoms with Gasteiger partial charge in [0.25, 0.3) is 11.6 Å². The zero-order valence-electron chi connectivity index (χ0n) is 19.3. The van der Waals surface area contributed by atoms with Gasteiger partial charge in [-0.1, -0.05) is 17.7 Å². The Morgan fingerprint density at radius 1 is 1.06 bits per heavy atom. The molecule has 0 aromatic heterocycles. The molecule has 1 aliphatic rings. The summed E-state index contributed by atoms with van der Waals surface area (Å²) in [6, 6.07) is 16.9. The molecule has 3 aromatic rings. The van der Waals surface area contributed by atoms with Crippen LogP contribution >= 0.6 is 0 Å². The average molecular weight is 463 g/mol. The highest BCUT2D eigenvalue weighted by Crippen LogP contribution is 2.39. The molecule has 1 heterocycles. The summed E-state index contributed by atoms with van der Waals surface area (Å²) in [5, 5.41) is 10.9. The molecule has 0 spiro atoms. The van der Waals surface area contributed by atoms with Crippen molar-refractivity contribution in [2.45, 2.75) is 19.4 Å². The Hall–Kier alpha value is -4.07. The van der Waals surface area contributed by atoms with Gasteiger partial charge in [-0.15, -0.1) is 0 Å². The van der Waals surface area contributed by atoms with Crippen molar-refractivity contribution in [3.8, 4) is 17.2 Å². The van der Waals surface area contributed by atoms with E-state index >= 15 is 0 Å². The van der Waals surface area contributed by atoms with E-state index in [0.717, 1.165) is 16.7 Å². The van der Waals surface area contributed by atoms with Gasteiger partial charge in [0.15, 0.2) is 11.5 Å². The highest BCUT2D eigenvalue weighted by atomic mass is 16.6. The molecule has 0 saturated carbocycles. The van der Waals surface area contributed by atoms with Gasteiger partial charge < -0.3 is 19.1 Å². The molecule has 8 heteroatoms. The first-order valence-electron chi connectivity index (χ1n) is 10.9. The minimum atomic E-state index is -0.455. The molecule has 1 unspecified atom stereocenters. The quantitative estimate of drug-likeness (QED) is 0.372. The second kappa shape index (κ2) is 9.82.